The Bertz CT molecular complexity index is 894. The van der Waals surface area contributed by atoms with Crippen molar-refractivity contribution in [3.05, 3.63) is 57.6 Å². The maximum Gasteiger partial charge on any atom is 0.271 e. The number of amides is 2. The van der Waals surface area contributed by atoms with Gasteiger partial charge < -0.3 is 15.4 Å². The Morgan fingerprint density at radius 1 is 1.23 bits per heavy atom. The first-order chi connectivity index (χ1) is 12.5. The number of methoxy groups -OCH3 is 1. The molecular formula is C18H17N3O5. The van der Waals surface area contributed by atoms with Crippen molar-refractivity contribution in [2.75, 3.05) is 17.7 Å². The van der Waals surface area contributed by atoms with Crippen LogP contribution in [0.5, 0.6) is 5.75 Å². The average Bonchev–Trinajstić information content (AvgIpc) is 2.81. The molecule has 26 heavy (non-hydrogen) atoms. The van der Waals surface area contributed by atoms with E-state index in [1.807, 2.05) is 0 Å². The SMILES string of the molecule is COc1ccc([N+](=O)[O-])cc1NC(=O)c1ccc2c(c1)CCCC(=O)N2. The fraction of sp³-hybridized carbons (Fsp3) is 0.222. The average molecular weight is 355 g/mol. The second-order valence-corrected chi connectivity index (χ2v) is 5.87. The summed E-state index contributed by atoms with van der Waals surface area (Å²) >= 11 is 0. The summed E-state index contributed by atoms with van der Waals surface area (Å²) in [6.07, 6.45) is 1.85. The molecule has 2 aromatic rings. The molecule has 0 aromatic heterocycles. The number of anilines is 2. The van der Waals surface area contributed by atoms with Gasteiger partial charge >= 0.3 is 0 Å². The minimum atomic E-state index is -0.541. The fourth-order valence-corrected chi connectivity index (χ4v) is 2.82. The molecule has 0 fully saturated rings. The van der Waals surface area contributed by atoms with Crippen LogP contribution in [0.15, 0.2) is 36.4 Å². The molecule has 1 aliphatic rings. The van der Waals surface area contributed by atoms with E-state index in [4.69, 9.17) is 4.74 Å². The molecule has 134 valence electrons. The number of nitrogens with zero attached hydrogens (tertiary/aromatic N) is 1. The lowest BCUT2D eigenvalue weighted by Crippen LogP contribution is -2.14. The number of nitro benzene ring substituents is 1. The van der Waals surface area contributed by atoms with Gasteiger partial charge in [0.2, 0.25) is 5.91 Å². The van der Waals surface area contributed by atoms with Crippen LogP contribution in [0.3, 0.4) is 0 Å². The molecule has 0 spiro atoms. The molecular weight excluding hydrogens is 338 g/mol. The third-order valence-electron chi connectivity index (χ3n) is 4.13. The van der Waals surface area contributed by atoms with Crippen LogP contribution >= 0.6 is 0 Å². The van der Waals surface area contributed by atoms with Gasteiger partial charge in [-0.05, 0) is 42.7 Å². The number of ether oxygens (including phenoxy) is 1. The van der Waals surface area contributed by atoms with Gasteiger partial charge in [-0.2, -0.15) is 0 Å². The zero-order valence-corrected chi connectivity index (χ0v) is 14.1. The third-order valence-corrected chi connectivity index (χ3v) is 4.13. The Balaban J connectivity index is 1.87. The molecule has 2 aromatic carbocycles. The Kier molecular flexibility index (Phi) is 4.83. The summed E-state index contributed by atoms with van der Waals surface area (Å²) in [5.41, 5.74) is 2.06. The number of fused-ring (bicyclic) bond motifs is 1. The molecule has 0 aliphatic carbocycles. The number of nitrogens with one attached hydrogen (secondary N) is 2. The van der Waals surface area contributed by atoms with Crippen molar-refractivity contribution in [2.45, 2.75) is 19.3 Å². The molecule has 0 saturated heterocycles. The molecule has 1 heterocycles. The number of nitro groups is 1. The number of rotatable bonds is 4. The first-order valence-corrected chi connectivity index (χ1v) is 8.04. The van der Waals surface area contributed by atoms with Gasteiger partial charge in [-0.1, -0.05) is 0 Å². The molecule has 0 saturated carbocycles. The zero-order chi connectivity index (χ0) is 18.7. The van der Waals surface area contributed by atoms with Gasteiger partial charge in [0.1, 0.15) is 5.75 Å². The Hall–Kier alpha value is -3.42. The monoisotopic (exact) mass is 355 g/mol. The Labute approximate surface area is 149 Å². The summed E-state index contributed by atoms with van der Waals surface area (Å²) in [6, 6.07) is 9.00. The van der Waals surface area contributed by atoms with Crippen molar-refractivity contribution >= 4 is 28.9 Å². The van der Waals surface area contributed by atoms with Gasteiger partial charge in [0.15, 0.2) is 0 Å². The van der Waals surface area contributed by atoms with Crippen LogP contribution in [0, 0.1) is 10.1 Å². The smallest absolute Gasteiger partial charge is 0.271 e. The van der Waals surface area contributed by atoms with Crippen molar-refractivity contribution in [3.63, 3.8) is 0 Å². The van der Waals surface area contributed by atoms with Gasteiger partial charge in [-0.3, -0.25) is 19.7 Å². The van der Waals surface area contributed by atoms with Crippen molar-refractivity contribution in [1.82, 2.24) is 0 Å². The van der Waals surface area contributed by atoms with Crippen molar-refractivity contribution < 1.29 is 19.2 Å². The summed E-state index contributed by atoms with van der Waals surface area (Å²) in [7, 11) is 1.42. The van der Waals surface area contributed by atoms with E-state index in [2.05, 4.69) is 10.6 Å². The molecule has 2 N–H and O–H groups in total. The number of hydrogen-bond acceptors (Lipinski definition) is 5. The number of carbonyl (C=O) groups excluding carboxylic acids is 2. The van der Waals surface area contributed by atoms with Crippen molar-refractivity contribution in [2.24, 2.45) is 0 Å². The molecule has 8 nitrogen and oxygen atoms in total. The second-order valence-electron chi connectivity index (χ2n) is 5.87. The molecule has 0 unspecified atom stereocenters. The standard InChI is InChI=1S/C18H17N3O5/c1-26-16-8-6-13(21(24)25)10-15(16)20-18(23)12-5-7-14-11(9-12)3-2-4-17(22)19-14/h5-10H,2-4H2,1H3,(H,19,22)(H,20,23). The second kappa shape index (κ2) is 7.22. The van der Waals surface area contributed by atoms with E-state index in [0.29, 0.717) is 36.3 Å². The van der Waals surface area contributed by atoms with E-state index in [9.17, 15) is 19.7 Å². The van der Waals surface area contributed by atoms with Crippen molar-refractivity contribution in [1.29, 1.82) is 0 Å². The largest absolute Gasteiger partial charge is 0.495 e. The van der Waals surface area contributed by atoms with Crippen LogP contribution in [0.25, 0.3) is 0 Å². The van der Waals surface area contributed by atoms with Crippen molar-refractivity contribution in [3.8, 4) is 5.75 Å². The van der Waals surface area contributed by atoms with Gasteiger partial charge in [0, 0.05) is 29.8 Å². The third kappa shape index (κ3) is 3.64. The minimum Gasteiger partial charge on any atom is -0.495 e. The number of carbonyl (C=O) groups is 2. The summed E-state index contributed by atoms with van der Waals surface area (Å²) in [5, 5.41) is 16.4. The molecule has 0 bridgehead atoms. The first kappa shape index (κ1) is 17.4. The van der Waals surface area contributed by atoms with Gasteiger partial charge in [-0.25, -0.2) is 0 Å². The quantitative estimate of drug-likeness (QED) is 0.646. The van der Waals surface area contributed by atoms with Crippen LogP contribution in [0.4, 0.5) is 17.1 Å². The highest BCUT2D eigenvalue weighted by molar-refractivity contribution is 6.06. The van der Waals surface area contributed by atoms with Crippen LogP contribution in [0.2, 0.25) is 0 Å². The summed E-state index contributed by atoms with van der Waals surface area (Å²) in [5.74, 6) is -0.129. The highest BCUT2D eigenvalue weighted by Gasteiger charge is 2.17. The Morgan fingerprint density at radius 3 is 2.77 bits per heavy atom. The number of aryl methyl sites for hydroxylation is 1. The van der Waals surface area contributed by atoms with Crippen LogP contribution in [0.1, 0.15) is 28.8 Å². The fourth-order valence-electron chi connectivity index (χ4n) is 2.82. The predicted molar refractivity (Wildman–Crippen MR) is 95.6 cm³/mol. The maximum absolute atomic E-state index is 12.6. The van der Waals surface area contributed by atoms with E-state index < -0.39 is 10.8 Å². The number of non-ortho nitro benzene ring substituents is 1. The molecule has 0 atom stereocenters. The highest BCUT2D eigenvalue weighted by Crippen LogP contribution is 2.30. The van der Waals surface area contributed by atoms with Gasteiger partial charge in [0.25, 0.3) is 11.6 Å². The summed E-state index contributed by atoms with van der Waals surface area (Å²) < 4.78 is 5.15. The lowest BCUT2D eigenvalue weighted by Gasteiger charge is -2.12. The van der Waals surface area contributed by atoms with Crippen LogP contribution in [-0.4, -0.2) is 23.8 Å². The lowest BCUT2D eigenvalue weighted by molar-refractivity contribution is -0.384. The van der Waals surface area contributed by atoms with Crippen LogP contribution in [-0.2, 0) is 11.2 Å². The van der Waals surface area contributed by atoms with E-state index in [-0.39, 0.29) is 17.3 Å². The topological polar surface area (TPSA) is 111 Å². The minimum absolute atomic E-state index is 0.0396. The highest BCUT2D eigenvalue weighted by atomic mass is 16.6. The molecule has 0 radical (unpaired) electrons. The molecule has 8 heteroatoms. The van der Waals surface area contributed by atoms with Crippen LogP contribution < -0.4 is 15.4 Å². The normalized spacial score (nSPS) is 13.2. The van der Waals surface area contributed by atoms with Gasteiger partial charge in [-0.15, -0.1) is 0 Å². The first-order valence-electron chi connectivity index (χ1n) is 8.04. The van der Waals surface area contributed by atoms with Gasteiger partial charge in [0.05, 0.1) is 17.7 Å². The number of hydrogen-bond donors (Lipinski definition) is 2. The Morgan fingerprint density at radius 2 is 2.04 bits per heavy atom. The van der Waals surface area contributed by atoms with E-state index in [0.717, 1.165) is 5.56 Å². The zero-order valence-electron chi connectivity index (χ0n) is 14.1. The van der Waals surface area contributed by atoms with E-state index in [1.54, 1.807) is 18.2 Å². The maximum atomic E-state index is 12.6. The molecule has 2 amide bonds. The summed E-state index contributed by atoms with van der Waals surface area (Å²) in [6.45, 7) is 0. The molecule has 1 aliphatic heterocycles. The van der Waals surface area contributed by atoms with E-state index >= 15 is 0 Å². The molecule has 3 rings (SSSR count). The van der Waals surface area contributed by atoms with E-state index in [1.165, 1.54) is 25.3 Å². The predicted octanol–water partition coefficient (Wildman–Crippen LogP) is 3.13. The number of benzene rings is 2. The summed E-state index contributed by atoms with van der Waals surface area (Å²) in [4.78, 5) is 34.6. The lowest BCUT2D eigenvalue weighted by atomic mass is 10.0.